The van der Waals surface area contributed by atoms with Crippen LogP contribution in [0.25, 0.3) is 0 Å². The Morgan fingerprint density at radius 2 is 1.57 bits per heavy atom. The lowest BCUT2D eigenvalue weighted by molar-refractivity contribution is -0.150. The molecule has 0 aliphatic carbocycles. The number of nitrogens with one attached hydrogen (secondary N) is 2. The molecule has 0 aromatic heterocycles. The second-order valence-corrected chi connectivity index (χ2v) is 11.2. The summed E-state index contributed by atoms with van der Waals surface area (Å²) in [6, 6.07) is 6.00. The molecule has 1 rings (SSSR count). The van der Waals surface area contributed by atoms with Crippen molar-refractivity contribution < 1.29 is 19.1 Å². The molecule has 7 nitrogen and oxygen atoms in total. The Hall–Kier alpha value is -2.57. The normalized spacial score (nSPS) is 13.7. The van der Waals surface area contributed by atoms with Crippen LogP contribution in [0.2, 0.25) is 0 Å². The fraction of sp³-hybridized carbons (Fsp3) is 0.679. The molecule has 1 aromatic rings. The van der Waals surface area contributed by atoms with Crippen molar-refractivity contribution in [2.45, 2.75) is 112 Å². The number of hydrogen-bond acceptors (Lipinski definition) is 4. The highest BCUT2D eigenvalue weighted by molar-refractivity contribution is 5.92. The number of aryl methyl sites for hydroxylation is 1. The van der Waals surface area contributed by atoms with Gasteiger partial charge in [-0.1, -0.05) is 63.9 Å². The van der Waals surface area contributed by atoms with Gasteiger partial charge in [-0.2, -0.15) is 0 Å². The average molecular weight is 490 g/mol. The molecule has 198 valence electrons. The highest BCUT2D eigenvalue weighted by Gasteiger charge is 2.43. The lowest BCUT2D eigenvalue weighted by atomic mass is 9.90. The Balaban J connectivity index is 3.54. The molecule has 2 atom stereocenters. The van der Waals surface area contributed by atoms with Crippen molar-refractivity contribution >= 4 is 17.9 Å². The zero-order valence-electron chi connectivity index (χ0n) is 23.5. The van der Waals surface area contributed by atoms with Gasteiger partial charge in [0.2, 0.25) is 11.8 Å². The van der Waals surface area contributed by atoms with Gasteiger partial charge in [-0.15, -0.1) is 0 Å². The van der Waals surface area contributed by atoms with E-state index in [1.807, 2.05) is 65.8 Å². The SMILES string of the molecule is CCCCNC(=O)C(c1ccc(C)cc1)N(C(=O)C(NC(=O)OC(C)(C)C)C(C)C)C(C)(C)CC. The molecule has 0 saturated carbocycles. The van der Waals surface area contributed by atoms with Gasteiger partial charge >= 0.3 is 6.09 Å². The van der Waals surface area contributed by atoms with Crippen molar-refractivity contribution in [3.05, 3.63) is 35.4 Å². The minimum Gasteiger partial charge on any atom is -0.444 e. The summed E-state index contributed by atoms with van der Waals surface area (Å²) in [6.45, 7) is 19.6. The standard InChI is InChI=1S/C28H47N3O4/c1-11-13-18-29-24(32)23(21-16-14-20(5)15-17-21)31(28(9,10)12-2)25(33)22(19(3)4)30-26(34)35-27(6,7)8/h14-17,19,22-23H,11-13,18H2,1-10H3,(H,29,32)(H,30,34). The highest BCUT2D eigenvalue weighted by atomic mass is 16.6. The molecule has 0 bridgehead atoms. The number of amides is 3. The molecule has 2 N–H and O–H groups in total. The Labute approximate surface area is 212 Å². The van der Waals surface area contributed by atoms with Crippen LogP contribution in [0, 0.1) is 12.8 Å². The van der Waals surface area contributed by atoms with Crippen LogP contribution >= 0.6 is 0 Å². The molecule has 0 aliphatic rings. The van der Waals surface area contributed by atoms with E-state index in [4.69, 9.17) is 4.74 Å². The van der Waals surface area contributed by atoms with Crippen molar-refractivity contribution in [2.24, 2.45) is 5.92 Å². The molecule has 0 spiro atoms. The van der Waals surface area contributed by atoms with E-state index in [0.29, 0.717) is 13.0 Å². The second-order valence-electron chi connectivity index (χ2n) is 11.2. The van der Waals surface area contributed by atoms with E-state index in [0.717, 1.165) is 24.0 Å². The molecule has 7 heteroatoms. The summed E-state index contributed by atoms with van der Waals surface area (Å²) >= 11 is 0. The number of rotatable bonds is 11. The van der Waals surface area contributed by atoms with Gasteiger partial charge in [-0.3, -0.25) is 9.59 Å². The van der Waals surface area contributed by atoms with Crippen LogP contribution in [-0.2, 0) is 14.3 Å². The number of ether oxygens (including phenoxy) is 1. The van der Waals surface area contributed by atoms with E-state index in [-0.39, 0.29) is 17.7 Å². The summed E-state index contributed by atoms with van der Waals surface area (Å²) in [6.07, 6.45) is 1.78. The van der Waals surface area contributed by atoms with Gasteiger partial charge in [0.25, 0.3) is 0 Å². The molecule has 35 heavy (non-hydrogen) atoms. The Morgan fingerprint density at radius 3 is 2.03 bits per heavy atom. The molecule has 1 aromatic carbocycles. The van der Waals surface area contributed by atoms with Crippen molar-refractivity contribution in [3.8, 4) is 0 Å². The molecule has 0 fully saturated rings. The number of hydrogen-bond donors (Lipinski definition) is 2. The van der Waals surface area contributed by atoms with Crippen LogP contribution in [-0.4, -0.2) is 46.5 Å². The van der Waals surface area contributed by atoms with Gasteiger partial charge in [0.1, 0.15) is 17.7 Å². The number of alkyl carbamates (subject to hydrolysis) is 1. The van der Waals surface area contributed by atoms with Crippen LogP contribution in [0.4, 0.5) is 4.79 Å². The summed E-state index contributed by atoms with van der Waals surface area (Å²) in [5.41, 5.74) is 0.454. The Bertz CT molecular complexity index is 841. The molecule has 3 amide bonds. The third-order valence-electron chi connectivity index (χ3n) is 6.09. The van der Waals surface area contributed by atoms with Crippen molar-refractivity contribution in [1.29, 1.82) is 0 Å². The van der Waals surface area contributed by atoms with Gasteiger partial charge in [0, 0.05) is 12.1 Å². The fourth-order valence-electron chi connectivity index (χ4n) is 3.69. The fourth-order valence-corrected chi connectivity index (χ4v) is 3.69. The first-order valence-corrected chi connectivity index (χ1v) is 12.8. The molecular formula is C28H47N3O4. The van der Waals surface area contributed by atoms with E-state index in [1.165, 1.54) is 0 Å². The number of nitrogens with zero attached hydrogens (tertiary/aromatic N) is 1. The first-order valence-electron chi connectivity index (χ1n) is 12.8. The number of unbranched alkanes of at least 4 members (excludes halogenated alkanes) is 1. The summed E-state index contributed by atoms with van der Waals surface area (Å²) < 4.78 is 5.43. The Morgan fingerprint density at radius 1 is 1.00 bits per heavy atom. The summed E-state index contributed by atoms with van der Waals surface area (Å²) in [4.78, 5) is 42.1. The van der Waals surface area contributed by atoms with Gasteiger partial charge in [0.15, 0.2) is 0 Å². The maximum atomic E-state index is 14.2. The summed E-state index contributed by atoms with van der Waals surface area (Å²) in [5.74, 6) is -0.752. The topological polar surface area (TPSA) is 87.7 Å². The van der Waals surface area contributed by atoms with Crippen molar-refractivity contribution in [3.63, 3.8) is 0 Å². The van der Waals surface area contributed by atoms with Crippen molar-refractivity contribution in [1.82, 2.24) is 15.5 Å². The zero-order chi connectivity index (χ0) is 27.0. The second kappa shape index (κ2) is 12.9. The summed E-state index contributed by atoms with van der Waals surface area (Å²) in [5, 5.41) is 5.80. The molecular weight excluding hydrogens is 442 g/mol. The number of carbonyl (C=O) groups is 3. The maximum absolute atomic E-state index is 14.2. The predicted octanol–water partition coefficient (Wildman–Crippen LogP) is 5.52. The monoisotopic (exact) mass is 489 g/mol. The van der Waals surface area contributed by atoms with Crippen LogP contribution in [0.15, 0.2) is 24.3 Å². The smallest absolute Gasteiger partial charge is 0.408 e. The van der Waals surface area contributed by atoms with Crippen LogP contribution in [0.1, 0.15) is 98.7 Å². The summed E-state index contributed by atoms with van der Waals surface area (Å²) in [7, 11) is 0. The minimum absolute atomic E-state index is 0.216. The molecule has 0 saturated heterocycles. The highest BCUT2D eigenvalue weighted by Crippen LogP contribution is 2.33. The molecule has 2 unspecified atom stereocenters. The van der Waals surface area contributed by atoms with E-state index in [9.17, 15) is 14.4 Å². The first kappa shape index (κ1) is 30.5. The zero-order valence-corrected chi connectivity index (χ0v) is 23.5. The van der Waals surface area contributed by atoms with Crippen LogP contribution in [0.5, 0.6) is 0 Å². The van der Waals surface area contributed by atoms with Gasteiger partial charge < -0.3 is 20.3 Å². The van der Waals surface area contributed by atoms with Gasteiger partial charge in [0.05, 0.1) is 0 Å². The lowest BCUT2D eigenvalue weighted by Crippen LogP contribution is -2.60. The van der Waals surface area contributed by atoms with E-state index < -0.39 is 29.3 Å². The van der Waals surface area contributed by atoms with Gasteiger partial charge in [-0.25, -0.2) is 4.79 Å². The Kier molecular flexibility index (Phi) is 11.3. The third kappa shape index (κ3) is 9.19. The van der Waals surface area contributed by atoms with E-state index in [1.54, 1.807) is 25.7 Å². The minimum atomic E-state index is -0.855. The van der Waals surface area contributed by atoms with Crippen LogP contribution in [0.3, 0.4) is 0 Å². The predicted molar refractivity (Wildman–Crippen MR) is 141 cm³/mol. The van der Waals surface area contributed by atoms with E-state index >= 15 is 0 Å². The molecule has 0 aliphatic heterocycles. The third-order valence-corrected chi connectivity index (χ3v) is 6.09. The molecule has 0 radical (unpaired) electrons. The van der Waals surface area contributed by atoms with Crippen molar-refractivity contribution in [2.75, 3.05) is 6.54 Å². The maximum Gasteiger partial charge on any atom is 0.408 e. The number of carbonyl (C=O) groups excluding carboxylic acids is 3. The number of benzene rings is 1. The van der Waals surface area contributed by atoms with Crippen LogP contribution < -0.4 is 10.6 Å². The first-order chi connectivity index (χ1) is 16.1. The average Bonchev–Trinajstić information content (AvgIpc) is 2.74. The quantitative estimate of drug-likeness (QED) is 0.401. The largest absolute Gasteiger partial charge is 0.444 e. The van der Waals surface area contributed by atoms with Gasteiger partial charge in [-0.05, 0) is 65.9 Å². The lowest BCUT2D eigenvalue weighted by Gasteiger charge is -2.45. The molecule has 0 heterocycles. The van der Waals surface area contributed by atoms with E-state index in [2.05, 4.69) is 17.6 Å².